The first-order valence-electron chi connectivity index (χ1n) is 6.87. The number of nitrogens with one attached hydrogen (secondary N) is 1. The summed E-state index contributed by atoms with van der Waals surface area (Å²) < 4.78 is 6.67. The van der Waals surface area contributed by atoms with E-state index in [0.29, 0.717) is 19.7 Å². The van der Waals surface area contributed by atoms with Crippen LogP contribution < -0.4 is 10.9 Å². The molecule has 2 rings (SSSR count). The molecule has 2 amide bonds. The van der Waals surface area contributed by atoms with Gasteiger partial charge >= 0.3 is 0 Å². The van der Waals surface area contributed by atoms with E-state index in [-0.39, 0.29) is 29.5 Å². The van der Waals surface area contributed by atoms with Gasteiger partial charge in [0.05, 0.1) is 13.2 Å². The van der Waals surface area contributed by atoms with Crippen LogP contribution in [-0.4, -0.2) is 53.6 Å². The minimum Gasteiger partial charge on any atom is -0.377 e. The minimum atomic E-state index is -0.657. The lowest BCUT2D eigenvalue weighted by Crippen LogP contribution is -2.56. The van der Waals surface area contributed by atoms with Crippen LogP contribution in [0, 0.1) is 0 Å². The summed E-state index contributed by atoms with van der Waals surface area (Å²) in [6.07, 6.45) is 1.54. The maximum absolute atomic E-state index is 12.5. The summed E-state index contributed by atoms with van der Waals surface area (Å²) in [6.45, 7) is 3.18. The van der Waals surface area contributed by atoms with Crippen molar-refractivity contribution < 1.29 is 14.3 Å². The molecule has 0 aliphatic carbocycles. The summed E-state index contributed by atoms with van der Waals surface area (Å²) in [4.78, 5) is 37.6. The van der Waals surface area contributed by atoms with Crippen LogP contribution in [0.5, 0.6) is 0 Å². The van der Waals surface area contributed by atoms with E-state index in [4.69, 9.17) is 4.74 Å². The van der Waals surface area contributed by atoms with Gasteiger partial charge < -0.3 is 19.5 Å². The van der Waals surface area contributed by atoms with Crippen molar-refractivity contribution >= 4 is 11.8 Å². The molecule has 0 bridgehead atoms. The zero-order chi connectivity index (χ0) is 15.4. The van der Waals surface area contributed by atoms with Crippen LogP contribution in [0.2, 0.25) is 0 Å². The third-order valence-corrected chi connectivity index (χ3v) is 3.39. The van der Waals surface area contributed by atoms with Crippen LogP contribution in [0.4, 0.5) is 0 Å². The van der Waals surface area contributed by atoms with Crippen LogP contribution in [0.25, 0.3) is 0 Å². The smallest absolute Gasteiger partial charge is 0.254 e. The van der Waals surface area contributed by atoms with E-state index < -0.39 is 6.04 Å². The average Bonchev–Trinajstić information content (AvgIpc) is 2.49. The maximum atomic E-state index is 12.5. The Hall–Kier alpha value is -2.15. The predicted octanol–water partition coefficient (Wildman–Crippen LogP) is -0.638. The third-order valence-electron chi connectivity index (χ3n) is 3.39. The molecule has 1 aromatic rings. The summed E-state index contributed by atoms with van der Waals surface area (Å²) in [5.74, 6) is -0.568. The number of pyridine rings is 1. The third kappa shape index (κ3) is 3.30. The number of morpholine rings is 1. The molecule has 1 aliphatic rings. The molecule has 0 radical (unpaired) electrons. The van der Waals surface area contributed by atoms with Gasteiger partial charge in [0.15, 0.2) is 0 Å². The van der Waals surface area contributed by atoms with Gasteiger partial charge in [0, 0.05) is 38.0 Å². The van der Waals surface area contributed by atoms with Gasteiger partial charge in [-0.1, -0.05) is 0 Å². The van der Waals surface area contributed by atoms with Gasteiger partial charge in [-0.05, 0) is 13.0 Å². The lowest BCUT2D eigenvalue weighted by atomic mass is 10.1. The summed E-state index contributed by atoms with van der Waals surface area (Å²) in [5.41, 5.74) is 0.0259. The van der Waals surface area contributed by atoms with Gasteiger partial charge in [0.1, 0.15) is 6.04 Å². The molecule has 0 saturated carbocycles. The van der Waals surface area contributed by atoms with Crippen molar-refractivity contribution in [2.45, 2.75) is 13.0 Å². The van der Waals surface area contributed by atoms with E-state index in [2.05, 4.69) is 5.32 Å². The molecule has 7 heteroatoms. The molecule has 0 spiro atoms. The number of ether oxygens (including phenoxy) is 1. The average molecular weight is 293 g/mol. The predicted molar refractivity (Wildman–Crippen MR) is 76.0 cm³/mol. The van der Waals surface area contributed by atoms with Gasteiger partial charge in [0.25, 0.3) is 11.5 Å². The lowest BCUT2D eigenvalue weighted by molar-refractivity contribution is -0.130. The Bertz CT molecular complexity index is 596. The van der Waals surface area contributed by atoms with Crippen molar-refractivity contribution in [3.63, 3.8) is 0 Å². The van der Waals surface area contributed by atoms with E-state index in [0.717, 1.165) is 0 Å². The topological polar surface area (TPSA) is 80.6 Å². The fourth-order valence-corrected chi connectivity index (χ4v) is 2.20. The highest BCUT2D eigenvalue weighted by molar-refractivity contribution is 5.97. The van der Waals surface area contributed by atoms with Gasteiger partial charge in [-0.15, -0.1) is 0 Å². The normalized spacial score (nSPS) is 18.4. The van der Waals surface area contributed by atoms with Gasteiger partial charge in [-0.2, -0.15) is 0 Å². The SMILES string of the molecule is CCNC(=O)C1COCCN1C(=O)c1ccn(C)c(=O)c1. The number of hydrogen-bond donors (Lipinski definition) is 1. The zero-order valence-corrected chi connectivity index (χ0v) is 12.2. The van der Waals surface area contributed by atoms with Crippen LogP contribution in [0.3, 0.4) is 0 Å². The van der Waals surface area contributed by atoms with Crippen LogP contribution >= 0.6 is 0 Å². The summed E-state index contributed by atoms with van der Waals surface area (Å²) in [7, 11) is 1.61. The molecule has 1 fully saturated rings. The minimum absolute atomic E-state index is 0.169. The summed E-state index contributed by atoms with van der Waals surface area (Å²) in [5, 5.41) is 2.69. The Morgan fingerprint density at radius 2 is 2.24 bits per heavy atom. The van der Waals surface area contributed by atoms with Crippen molar-refractivity contribution in [3.8, 4) is 0 Å². The Labute approximate surface area is 122 Å². The second-order valence-corrected chi connectivity index (χ2v) is 4.85. The standard InChI is InChI=1S/C14H19N3O4/c1-3-15-13(19)11-9-21-7-6-17(11)14(20)10-4-5-16(2)12(18)8-10/h4-5,8,11H,3,6-7,9H2,1-2H3,(H,15,19). The molecule has 1 N–H and O–H groups in total. The fraction of sp³-hybridized carbons (Fsp3) is 0.500. The molecule has 2 heterocycles. The number of carbonyl (C=O) groups excluding carboxylic acids is 2. The van der Waals surface area contributed by atoms with E-state index in [1.165, 1.54) is 21.7 Å². The van der Waals surface area contributed by atoms with Crippen LogP contribution in [-0.2, 0) is 16.6 Å². The molecule has 0 aromatic carbocycles. The van der Waals surface area contributed by atoms with Crippen molar-refractivity contribution in [1.29, 1.82) is 0 Å². The molecule has 1 saturated heterocycles. The second kappa shape index (κ2) is 6.53. The zero-order valence-electron chi connectivity index (χ0n) is 12.2. The van der Waals surface area contributed by atoms with Crippen molar-refractivity contribution in [2.24, 2.45) is 7.05 Å². The van der Waals surface area contributed by atoms with E-state index >= 15 is 0 Å². The molecule has 1 aliphatic heterocycles. The number of hydrogen-bond acceptors (Lipinski definition) is 4. The van der Waals surface area contributed by atoms with Gasteiger partial charge in [0.2, 0.25) is 5.91 Å². The molecule has 1 aromatic heterocycles. The molecule has 1 atom stereocenters. The first-order chi connectivity index (χ1) is 10.0. The van der Waals surface area contributed by atoms with Crippen molar-refractivity contribution in [3.05, 3.63) is 34.2 Å². The van der Waals surface area contributed by atoms with E-state index in [1.807, 2.05) is 6.92 Å². The monoisotopic (exact) mass is 293 g/mol. The maximum Gasteiger partial charge on any atom is 0.254 e. The summed E-state index contributed by atoms with van der Waals surface area (Å²) >= 11 is 0. The Balaban J connectivity index is 2.23. The number of carbonyl (C=O) groups is 2. The molecule has 1 unspecified atom stereocenters. The lowest BCUT2D eigenvalue weighted by Gasteiger charge is -2.34. The van der Waals surface area contributed by atoms with Gasteiger partial charge in [-0.3, -0.25) is 14.4 Å². The largest absolute Gasteiger partial charge is 0.377 e. The van der Waals surface area contributed by atoms with Gasteiger partial charge in [-0.25, -0.2) is 0 Å². The molecular formula is C14H19N3O4. The van der Waals surface area contributed by atoms with Crippen LogP contribution in [0.1, 0.15) is 17.3 Å². The molecular weight excluding hydrogens is 274 g/mol. The Morgan fingerprint density at radius 3 is 2.90 bits per heavy atom. The first-order valence-corrected chi connectivity index (χ1v) is 6.87. The Kier molecular flexibility index (Phi) is 4.74. The molecule has 21 heavy (non-hydrogen) atoms. The number of nitrogens with zero attached hydrogens (tertiary/aromatic N) is 2. The second-order valence-electron chi connectivity index (χ2n) is 4.85. The quantitative estimate of drug-likeness (QED) is 0.804. The number of aromatic nitrogens is 1. The fourth-order valence-electron chi connectivity index (χ4n) is 2.20. The van der Waals surface area contributed by atoms with E-state index in [9.17, 15) is 14.4 Å². The van der Waals surface area contributed by atoms with E-state index in [1.54, 1.807) is 13.1 Å². The number of rotatable bonds is 3. The van der Waals surface area contributed by atoms with Crippen LogP contribution in [0.15, 0.2) is 23.1 Å². The number of aryl methyl sites for hydroxylation is 1. The van der Waals surface area contributed by atoms with Crippen molar-refractivity contribution in [2.75, 3.05) is 26.3 Å². The summed E-state index contributed by atoms with van der Waals surface area (Å²) in [6, 6.07) is 2.20. The highest BCUT2D eigenvalue weighted by Gasteiger charge is 2.33. The highest BCUT2D eigenvalue weighted by Crippen LogP contribution is 2.12. The first kappa shape index (κ1) is 15.2. The van der Waals surface area contributed by atoms with Crippen molar-refractivity contribution in [1.82, 2.24) is 14.8 Å². The molecule has 114 valence electrons. The number of likely N-dealkylation sites (N-methyl/N-ethyl adjacent to an activating group) is 1. The Morgan fingerprint density at radius 1 is 1.48 bits per heavy atom. The molecule has 7 nitrogen and oxygen atoms in total. The highest BCUT2D eigenvalue weighted by atomic mass is 16.5. The number of amides is 2.